The average Bonchev–Trinajstić information content (AvgIpc) is 2.87. The molecule has 1 amide bonds. The number of anilines is 2. The van der Waals surface area contributed by atoms with Gasteiger partial charge in [0.1, 0.15) is 11.6 Å². The largest absolute Gasteiger partial charge is 0.375 e. The Morgan fingerprint density at radius 1 is 1.15 bits per heavy atom. The number of hydrogen-bond donors (Lipinski definition) is 1. The number of amides is 1. The Labute approximate surface area is 194 Å². The summed E-state index contributed by atoms with van der Waals surface area (Å²) in [7, 11) is 2.07. The quantitative estimate of drug-likeness (QED) is 0.526. The molecule has 172 valence electrons. The van der Waals surface area contributed by atoms with Crippen molar-refractivity contribution < 1.29 is 9.18 Å². The second-order valence-electron chi connectivity index (χ2n) is 8.43. The third-order valence-electron chi connectivity index (χ3n) is 6.03. The number of benzene rings is 2. The molecule has 4 rings (SSSR count). The van der Waals surface area contributed by atoms with Gasteiger partial charge in [-0.1, -0.05) is 18.2 Å². The Morgan fingerprint density at radius 2 is 1.94 bits per heavy atom. The molecule has 0 spiro atoms. The van der Waals surface area contributed by atoms with Crippen LogP contribution in [0.2, 0.25) is 0 Å². The van der Waals surface area contributed by atoms with Gasteiger partial charge in [-0.05, 0) is 61.7 Å². The number of rotatable bonds is 8. The van der Waals surface area contributed by atoms with Crippen molar-refractivity contribution in [3.63, 3.8) is 0 Å². The van der Waals surface area contributed by atoms with Gasteiger partial charge in [0.15, 0.2) is 5.82 Å². The molecule has 1 N–H and O–H groups in total. The first kappa shape index (κ1) is 22.7. The van der Waals surface area contributed by atoms with Crippen molar-refractivity contribution in [1.29, 1.82) is 0 Å². The molecule has 1 aromatic heterocycles. The highest BCUT2D eigenvalue weighted by Gasteiger charge is 2.26. The number of para-hydroxylation sites is 1. The van der Waals surface area contributed by atoms with E-state index in [1.807, 2.05) is 24.3 Å². The Morgan fingerprint density at radius 3 is 2.73 bits per heavy atom. The summed E-state index contributed by atoms with van der Waals surface area (Å²) in [5.41, 5.74) is 1.95. The molecule has 1 unspecified atom stereocenters. The van der Waals surface area contributed by atoms with Gasteiger partial charge >= 0.3 is 0 Å². The number of piperidine rings is 1. The van der Waals surface area contributed by atoms with E-state index in [1.165, 1.54) is 17.8 Å². The predicted molar refractivity (Wildman–Crippen MR) is 130 cm³/mol. The van der Waals surface area contributed by atoms with Crippen LogP contribution in [0.15, 0.2) is 66.9 Å². The van der Waals surface area contributed by atoms with Crippen molar-refractivity contribution in [2.45, 2.75) is 19.3 Å². The van der Waals surface area contributed by atoms with E-state index in [-0.39, 0.29) is 17.6 Å². The number of aromatic nitrogens is 2. The Kier molecular flexibility index (Phi) is 7.50. The lowest BCUT2D eigenvalue weighted by Crippen LogP contribution is -2.43. The van der Waals surface area contributed by atoms with Crippen LogP contribution in [-0.4, -0.2) is 49.1 Å². The third-order valence-corrected chi connectivity index (χ3v) is 6.03. The maximum absolute atomic E-state index is 13.2. The highest BCUT2D eigenvalue weighted by molar-refractivity contribution is 5.79. The fourth-order valence-corrected chi connectivity index (χ4v) is 4.15. The van der Waals surface area contributed by atoms with Crippen LogP contribution in [0.1, 0.15) is 19.3 Å². The fourth-order valence-electron chi connectivity index (χ4n) is 4.15. The summed E-state index contributed by atoms with van der Waals surface area (Å²) in [6, 6.07) is 18.3. The van der Waals surface area contributed by atoms with Gasteiger partial charge < -0.3 is 15.1 Å². The topological polar surface area (TPSA) is 61.4 Å². The van der Waals surface area contributed by atoms with Crippen molar-refractivity contribution in [2.24, 2.45) is 5.92 Å². The molecule has 0 aliphatic carbocycles. The molecule has 3 aromatic rings. The lowest BCUT2D eigenvalue weighted by Gasteiger charge is -2.33. The number of carbonyl (C=O) groups excluding carboxylic acids is 1. The molecule has 0 saturated carbocycles. The van der Waals surface area contributed by atoms with E-state index in [9.17, 15) is 9.18 Å². The minimum atomic E-state index is -0.286. The number of nitrogens with zero attached hydrogens (tertiary/aromatic N) is 4. The van der Waals surface area contributed by atoms with Crippen molar-refractivity contribution in [2.75, 3.05) is 43.0 Å². The zero-order valence-electron chi connectivity index (χ0n) is 19.0. The SMILES string of the molecule is CN(CCCNC(=O)C1CCCN(c2ccnc(-c3ccc(F)cc3)n2)C1)c1ccccc1. The molecule has 1 aliphatic heterocycles. The zero-order valence-corrected chi connectivity index (χ0v) is 19.0. The predicted octanol–water partition coefficient (Wildman–Crippen LogP) is 4.14. The molecular weight excluding hydrogens is 417 g/mol. The van der Waals surface area contributed by atoms with Crippen molar-refractivity contribution in [3.05, 3.63) is 72.7 Å². The van der Waals surface area contributed by atoms with Gasteiger partial charge in [-0.3, -0.25) is 4.79 Å². The van der Waals surface area contributed by atoms with E-state index in [0.29, 0.717) is 18.9 Å². The van der Waals surface area contributed by atoms with Crippen LogP contribution in [0.4, 0.5) is 15.9 Å². The van der Waals surface area contributed by atoms with Gasteiger partial charge in [-0.2, -0.15) is 0 Å². The molecule has 0 radical (unpaired) electrons. The van der Waals surface area contributed by atoms with Gasteiger partial charge in [-0.15, -0.1) is 0 Å². The molecule has 7 heteroatoms. The first-order chi connectivity index (χ1) is 16.1. The molecule has 0 bridgehead atoms. The summed E-state index contributed by atoms with van der Waals surface area (Å²) in [6.45, 7) is 3.03. The minimum Gasteiger partial charge on any atom is -0.375 e. The van der Waals surface area contributed by atoms with E-state index in [4.69, 9.17) is 0 Å². The molecule has 1 saturated heterocycles. The molecule has 1 fully saturated rings. The van der Waals surface area contributed by atoms with E-state index in [0.717, 1.165) is 43.7 Å². The summed E-state index contributed by atoms with van der Waals surface area (Å²) in [5, 5.41) is 3.11. The first-order valence-corrected chi connectivity index (χ1v) is 11.5. The molecule has 2 heterocycles. The summed E-state index contributed by atoms with van der Waals surface area (Å²) < 4.78 is 13.2. The Hall–Kier alpha value is -3.48. The number of nitrogens with one attached hydrogen (secondary N) is 1. The summed E-state index contributed by atoms with van der Waals surface area (Å²) >= 11 is 0. The Balaban J connectivity index is 1.29. The number of carbonyl (C=O) groups is 1. The normalized spacial score (nSPS) is 15.8. The van der Waals surface area contributed by atoms with Crippen LogP contribution in [0.25, 0.3) is 11.4 Å². The van der Waals surface area contributed by atoms with E-state index in [2.05, 4.69) is 44.3 Å². The average molecular weight is 448 g/mol. The van der Waals surface area contributed by atoms with Gasteiger partial charge in [0.25, 0.3) is 0 Å². The van der Waals surface area contributed by atoms with Crippen LogP contribution >= 0.6 is 0 Å². The van der Waals surface area contributed by atoms with Gasteiger partial charge in [0, 0.05) is 50.7 Å². The van der Waals surface area contributed by atoms with Crippen LogP contribution in [-0.2, 0) is 4.79 Å². The highest BCUT2D eigenvalue weighted by Crippen LogP contribution is 2.24. The standard InChI is InChI=1S/C26H30FN5O/c1-31(23-8-3-2-4-9-23)17-6-15-29-26(33)21-7-5-18-32(19-21)24-14-16-28-25(30-24)20-10-12-22(27)13-11-20/h2-4,8-14,16,21H,5-7,15,17-19H2,1H3,(H,29,33). The zero-order chi connectivity index (χ0) is 23.0. The monoisotopic (exact) mass is 447 g/mol. The number of halogens is 1. The Bertz CT molecular complexity index is 1040. The van der Waals surface area contributed by atoms with E-state index < -0.39 is 0 Å². The van der Waals surface area contributed by atoms with E-state index >= 15 is 0 Å². The molecule has 2 aromatic carbocycles. The molecule has 6 nitrogen and oxygen atoms in total. The summed E-state index contributed by atoms with van der Waals surface area (Å²) in [4.78, 5) is 26.1. The lowest BCUT2D eigenvalue weighted by molar-refractivity contribution is -0.125. The molecule has 33 heavy (non-hydrogen) atoms. The van der Waals surface area contributed by atoms with Crippen molar-refractivity contribution >= 4 is 17.4 Å². The van der Waals surface area contributed by atoms with Crippen molar-refractivity contribution in [1.82, 2.24) is 15.3 Å². The summed E-state index contributed by atoms with van der Waals surface area (Å²) in [6.07, 6.45) is 4.42. The van der Waals surface area contributed by atoms with Gasteiger partial charge in [-0.25, -0.2) is 14.4 Å². The van der Waals surface area contributed by atoms with E-state index in [1.54, 1.807) is 18.3 Å². The second-order valence-corrected chi connectivity index (χ2v) is 8.43. The first-order valence-electron chi connectivity index (χ1n) is 11.5. The van der Waals surface area contributed by atoms with Gasteiger partial charge in [0.05, 0.1) is 5.92 Å². The smallest absolute Gasteiger partial charge is 0.224 e. The maximum Gasteiger partial charge on any atom is 0.224 e. The molecular formula is C26H30FN5O. The number of hydrogen-bond acceptors (Lipinski definition) is 5. The van der Waals surface area contributed by atoms with Crippen molar-refractivity contribution in [3.8, 4) is 11.4 Å². The van der Waals surface area contributed by atoms with Gasteiger partial charge in [0.2, 0.25) is 5.91 Å². The molecule has 1 aliphatic rings. The minimum absolute atomic E-state index is 0.0603. The maximum atomic E-state index is 13.2. The van der Waals surface area contributed by atoms with Crippen LogP contribution in [0, 0.1) is 11.7 Å². The second kappa shape index (κ2) is 10.9. The van der Waals surface area contributed by atoms with Crippen LogP contribution in [0.3, 0.4) is 0 Å². The molecule has 1 atom stereocenters. The lowest BCUT2D eigenvalue weighted by atomic mass is 9.97. The van der Waals surface area contributed by atoms with Crippen LogP contribution < -0.4 is 15.1 Å². The van der Waals surface area contributed by atoms with Crippen LogP contribution in [0.5, 0.6) is 0 Å². The fraction of sp³-hybridized carbons (Fsp3) is 0.346. The highest BCUT2D eigenvalue weighted by atomic mass is 19.1. The summed E-state index contributed by atoms with van der Waals surface area (Å²) in [5.74, 6) is 1.11. The third kappa shape index (κ3) is 6.06.